The Morgan fingerprint density at radius 1 is 1.26 bits per heavy atom. The quantitative estimate of drug-likeness (QED) is 0.617. The maximum atomic E-state index is 12.7. The van der Waals surface area contributed by atoms with Gasteiger partial charge in [-0.15, -0.1) is 0 Å². The third-order valence-corrected chi connectivity index (χ3v) is 4.92. The number of alkyl halides is 3. The Balaban J connectivity index is 1.61. The maximum absolute atomic E-state index is 12.7. The van der Waals surface area contributed by atoms with E-state index in [1.807, 2.05) is 4.90 Å². The summed E-state index contributed by atoms with van der Waals surface area (Å²) in [7, 11) is 0. The van der Waals surface area contributed by atoms with Gasteiger partial charge in [-0.2, -0.15) is 13.2 Å². The number of hydrogen-bond donors (Lipinski definition) is 0. The molecule has 2 aromatic heterocycles. The van der Waals surface area contributed by atoms with Crippen molar-refractivity contribution in [2.24, 2.45) is 0 Å². The molecule has 0 saturated carbocycles. The normalized spacial score (nSPS) is 15.1. The van der Waals surface area contributed by atoms with Gasteiger partial charge < -0.3 is 4.42 Å². The van der Waals surface area contributed by atoms with Crippen molar-refractivity contribution < 1.29 is 17.6 Å². The molecule has 0 N–H and O–H groups in total. The molecule has 27 heavy (non-hydrogen) atoms. The van der Waals surface area contributed by atoms with Crippen LogP contribution in [0.2, 0.25) is 5.02 Å². The van der Waals surface area contributed by atoms with Crippen LogP contribution in [0.25, 0.3) is 11.0 Å². The highest BCUT2D eigenvalue weighted by Gasteiger charge is 2.35. The molecule has 140 valence electrons. The van der Waals surface area contributed by atoms with Crippen molar-refractivity contribution in [3.63, 3.8) is 0 Å². The molecule has 4 rings (SSSR count). The summed E-state index contributed by atoms with van der Waals surface area (Å²) in [6, 6.07) is 6.98. The molecule has 5 nitrogen and oxygen atoms in total. The molecule has 1 aromatic carbocycles. The van der Waals surface area contributed by atoms with Gasteiger partial charge in [0.15, 0.2) is 0 Å². The summed E-state index contributed by atoms with van der Waals surface area (Å²) in [5.74, 6) is -1.13. The number of nitrogens with zero attached hydrogens (tertiary/aromatic N) is 3. The summed E-state index contributed by atoms with van der Waals surface area (Å²) in [6.45, 7) is 1.01. The number of halogens is 4. The molecule has 0 spiro atoms. The van der Waals surface area contributed by atoms with Gasteiger partial charge in [-0.25, -0.2) is 14.8 Å². The molecule has 3 heterocycles. The summed E-state index contributed by atoms with van der Waals surface area (Å²) < 4.78 is 43.6. The molecule has 0 saturated heterocycles. The van der Waals surface area contributed by atoms with E-state index in [0.29, 0.717) is 52.3 Å². The fraction of sp³-hybridized carbons (Fsp3) is 0.278. The minimum atomic E-state index is -4.57. The third kappa shape index (κ3) is 3.42. The van der Waals surface area contributed by atoms with E-state index in [1.54, 1.807) is 24.3 Å². The van der Waals surface area contributed by atoms with Gasteiger partial charge in [0.1, 0.15) is 5.58 Å². The lowest BCUT2D eigenvalue weighted by atomic mass is 10.1. The van der Waals surface area contributed by atoms with Gasteiger partial charge in [0.25, 0.3) is 0 Å². The number of hydrogen-bond acceptors (Lipinski definition) is 5. The van der Waals surface area contributed by atoms with Gasteiger partial charge >= 0.3 is 11.8 Å². The van der Waals surface area contributed by atoms with E-state index >= 15 is 0 Å². The molecule has 0 unspecified atom stereocenters. The van der Waals surface area contributed by atoms with Crippen molar-refractivity contribution >= 4 is 22.6 Å². The van der Waals surface area contributed by atoms with Crippen LogP contribution in [0.4, 0.5) is 13.2 Å². The first-order chi connectivity index (χ1) is 12.8. The molecule has 1 aliphatic heterocycles. The molecule has 3 aromatic rings. The fourth-order valence-corrected chi connectivity index (χ4v) is 3.45. The highest BCUT2D eigenvalue weighted by molar-refractivity contribution is 6.35. The SMILES string of the molecule is O=c1oc2ccccc2c(Cl)c1CN1CCc2nc(C(F)(F)F)ncc2C1. The number of para-hydroxylation sites is 1. The van der Waals surface area contributed by atoms with Crippen LogP contribution in [0.1, 0.15) is 22.6 Å². The van der Waals surface area contributed by atoms with Crippen molar-refractivity contribution in [1.29, 1.82) is 0 Å². The topological polar surface area (TPSA) is 59.2 Å². The van der Waals surface area contributed by atoms with Crippen LogP contribution in [0.5, 0.6) is 0 Å². The van der Waals surface area contributed by atoms with Crippen LogP contribution in [-0.4, -0.2) is 21.4 Å². The van der Waals surface area contributed by atoms with Gasteiger partial charge in [0.05, 0.1) is 16.3 Å². The molecule has 0 fully saturated rings. The summed E-state index contributed by atoms with van der Waals surface area (Å²) in [5.41, 5.74) is 1.20. The lowest BCUT2D eigenvalue weighted by molar-refractivity contribution is -0.145. The largest absolute Gasteiger partial charge is 0.451 e. The van der Waals surface area contributed by atoms with Crippen molar-refractivity contribution in [3.05, 3.63) is 68.6 Å². The van der Waals surface area contributed by atoms with Crippen molar-refractivity contribution in [2.75, 3.05) is 6.54 Å². The first-order valence-electron chi connectivity index (χ1n) is 8.17. The number of fused-ring (bicyclic) bond motifs is 2. The summed E-state index contributed by atoms with van der Waals surface area (Å²) >= 11 is 6.40. The molecule has 0 radical (unpaired) electrons. The summed E-state index contributed by atoms with van der Waals surface area (Å²) in [4.78, 5) is 21.3. The van der Waals surface area contributed by atoms with Crippen LogP contribution in [0, 0.1) is 0 Å². The van der Waals surface area contributed by atoms with E-state index in [4.69, 9.17) is 16.0 Å². The number of benzene rings is 1. The average molecular weight is 396 g/mol. The average Bonchev–Trinajstić information content (AvgIpc) is 2.64. The molecule has 1 aliphatic rings. The van der Waals surface area contributed by atoms with Gasteiger partial charge in [0.2, 0.25) is 5.82 Å². The second kappa shape index (κ2) is 6.61. The highest BCUT2D eigenvalue weighted by atomic mass is 35.5. The zero-order chi connectivity index (χ0) is 19.2. The minimum Gasteiger partial charge on any atom is -0.422 e. The Hall–Kier alpha value is -2.45. The Morgan fingerprint density at radius 2 is 2.04 bits per heavy atom. The Bertz CT molecular complexity index is 1080. The minimum absolute atomic E-state index is 0.229. The third-order valence-electron chi connectivity index (χ3n) is 4.49. The first-order valence-corrected chi connectivity index (χ1v) is 8.55. The molecule has 0 atom stereocenters. The Morgan fingerprint density at radius 3 is 2.81 bits per heavy atom. The molecule has 0 bridgehead atoms. The zero-order valence-electron chi connectivity index (χ0n) is 13.9. The highest BCUT2D eigenvalue weighted by Crippen LogP contribution is 2.29. The summed E-state index contributed by atoms with van der Waals surface area (Å²) in [6.07, 6.45) is -3.04. The lowest BCUT2D eigenvalue weighted by Gasteiger charge is -2.28. The summed E-state index contributed by atoms with van der Waals surface area (Å²) in [5, 5.41) is 0.973. The standard InChI is InChI=1S/C18H13ClF3N3O2/c19-15-11-3-1-2-4-14(11)27-16(26)12(15)9-25-6-5-13-10(8-25)7-23-17(24-13)18(20,21)22/h1-4,7H,5-6,8-9H2. The van der Waals surface area contributed by atoms with Crippen LogP contribution < -0.4 is 5.63 Å². The number of rotatable bonds is 2. The van der Waals surface area contributed by atoms with E-state index in [2.05, 4.69) is 9.97 Å². The van der Waals surface area contributed by atoms with E-state index in [-0.39, 0.29) is 6.54 Å². The number of aromatic nitrogens is 2. The lowest BCUT2D eigenvalue weighted by Crippen LogP contribution is -2.33. The van der Waals surface area contributed by atoms with Crippen LogP contribution in [-0.2, 0) is 25.7 Å². The molecular weight excluding hydrogens is 383 g/mol. The van der Waals surface area contributed by atoms with E-state index in [9.17, 15) is 18.0 Å². The zero-order valence-corrected chi connectivity index (χ0v) is 14.6. The van der Waals surface area contributed by atoms with Crippen molar-refractivity contribution in [1.82, 2.24) is 14.9 Å². The predicted molar refractivity (Wildman–Crippen MR) is 92.3 cm³/mol. The monoisotopic (exact) mass is 395 g/mol. The van der Waals surface area contributed by atoms with Crippen LogP contribution in [0.3, 0.4) is 0 Å². The van der Waals surface area contributed by atoms with E-state index in [1.165, 1.54) is 6.20 Å². The van der Waals surface area contributed by atoms with E-state index in [0.717, 1.165) is 0 Å². The van der Waals surface area contributed by atoms with Gasteiger partial charge in [-0.05, 0) is 12.1 Å². The fourth-order valence-electron chi connectivity index (χ4n) is 3.15. The van der Waals surface area contributed by atoms with Gasteiger partial charge in [0, 0.05) is 43.2 Å². The van der Waals surface area contributed by atoms with Crippen molar-refractivity contribution in [3.8, 4) is 0 Å². The first kappa shape index (κ1) is 17.9. The predicted octanol–water partition coefficient (Wildman–Crippen LogP) is 3.81. The van der Waals surface area contributed by atoms with Crippen LogP contribution in [0.15, 0.2) is 39.7 Å². The second-order valence-corrected chi connectivity index (χ2v) is 6.68. The Labute approximate surface area is 156 Å². The molecule has 0 aliphatic carbocycles. The molecular formula is C18H13ClF3N3O2. The van der Waals surface area contributed by atoms with E-state index < -0.39 is 17.6 Å². The molecule has 9 heteroatoms. The van der Waals surface area contributed by atoms with Crippen LogP contribution >= 0.6 is 11.6 Å². The maximum Gasteiger partial charge on any atom is 0.451 e. The van der Waals surface area contributed by atoms with Crippen molar-refractivity contribution in [2.45, 2.75) is 25.7 Å². The van der Waals surface area contributed by atoms with Gasteiger partial charge in [-0.1, -0.05) is 23.7 Å². The smallest absolute Gasteiger partial charge is 0.422 e. The van der Waals surface area contributed by atoms with Gasteiger partial charge in [-0.3, -0.25) is 4.90 Å². The second-order valence-electron chi connectivity index (χ2n) is 6.30. The Kier molecular flexibility index (Phi) is 4.39. The molecule has 0 amide bonds.